The highest BCUT2D eigenvalue weighted by Crippen LogP contribution is 2.21. The van der Waals surface area contributed by atoms with E-state index in [0.29, 0.717) is 0 Å². The van der Waals surface area contributed by atoms with Gasteiger partial charge in [-0.15, -0.1) is 0 Å². The first-order valence-electron chi connectivity index (χ1n) is 8.27. The molecular weight excluding hydrogens is 258 g/mol. The average molecular weight is 283 g/mol. The van der Waals surface area contributed by atoms with E-state index in [9.17, 15) is 0 Å². The minimum atomic E-state index is 0.828. The van der Waals surface area contributed by atoms with Crippen LogP contribution in [0.3, 0.4) is 0 Å². The third-order valence-corrected chi connectivity index (χ3v) is 4.07. The van der Waals surface area contributed by atoms with E-state index in [0.717, 1.165) is 24.8 Å². The SMILES string of the molecule is c1ccc2cc(OCCCCCCNC3CC3)ccc2c1. The van der Waals surface area contributed by atoms with Gasteiger partial charge in [0.25, 0.3) is 0 Å². The first kappa shape index (κ1) is 14.4. The van der Waals surface area contributed by atoms with Crippen LogP contribution in [0.15, 0.2) is 42.5 Å². The minimum absolute atomic E-state index is 0.828. The summed E-state index contributed by atoms with van der Waals surface area (Å²) >= 11 is 0. The Morgan fingerprint density at radius 3 is 2.57 bits per heavy atom. The fraction of sp³-hybridized carbons (Fsp3) is 0.474. The van der Waals surface area contributed by atoms with Gasteiger partial charge in [-0.1, -0.05) is 43.2 Å². The summed E-state index contributed by atoms with van der Waals surface area (Å²) < 4.78 is 5.85. The van der Waals surface area contributed by atoms with Crippen molar-refractivity contribution >= 4 is 10.8 Å². The zero-order valence-corrected chi connectivity index (χ0v) is 12.7. The van der Waals surface area contributed by atoms with Crippen molar-refractivity contribution in [1.29, 1.82) is 0 Å². The van der Waals surface area contributed by atoms with Crippen LogP contribution in [-0.4, -0.2) is 19.2 Å². The summed E-state index contributed by atoms with van der Waals surface area (Å²) in [7, 11) is 0. The van der Waals surface area contributed by atoms with Crippen LogP contribution in [0.5, 0.6) is 5.75 Å². The van der Waals surface area contributed by atoms with Gasteiger partial charge in [0.2, 0.25) is 0 Å². The van der Waals surface area contributed by atoms with Crippen molar-refractivity contribution in [1.82, 2.24) is 5.32 Å². The number of hydrogen-bond acceptors (Lipinski definition) is 2. The van der Waals surface area contributed by atoms with Gasteiger partial charge in [0.1, 0.15) is 5.75 Å². The summed E-state index contributed by atoms with van der Waals surface area (Å²) in [5.41, 5.74) is 0. The van der Waals surface area contributed by atoms with Gasteiger partial charge in [-0.25, -0.2) is 0 Å². The lowest BCUT2D eigenvalue weighted by Crippen LogP contribution is -2.17. The zero-order valence-electron chi connectivity index (χ0n) is 12.7. The van der Waals surface area contributed by atoms with Gasteiger partial charge in [0.05, 0.1) is 6.61 Å². The van der Waals surface area contributed by atoms with Crippen molar-refractivity contribution in [3.8, 4) is 5.75 Å². The Morgan fingerprint density at radius 2 is 1.71 bits per heavy atom. The predicted molar refractivity (Wildman–Crippen MR) is 88.9 cm³/mol. The number of benzene rings is 2. The smallest absolute Gasteiger partial charge is 0.119 e. The number of hydrogen-bond donors (Lipinski definition) is 1. The van der Waals surface area contributed by atoms with E-state index in [1.165, 1.54) is 49.4 Å². The molecule has 2 aromatic rings. The molecule has 1 aliphatic rings. The van der Waals surface area contributed by atoms with Gasteiger partial charge in [-0.05, 0) is 55.1 Å². The lowest BCUT2D eigenvalue weighted by molar-refractivity contribution is 0.305. The largest absolute Gasteiger partial charge is 0.494 e. The van der Waals surface area contributed by atoms with Crippen molar-refractivity contribution in [2.45, 2.75) is 44.6 Å². The molecule has 21 heavy (non-hydrogen) atoms. The van der Waals surface area contributed by atoms with Gasteiger partial charge in [0, 0.05) is 6.04 Å². The molecule has 0 saturated heterocycles. The second-order valence-corrected chi connectivity index (χ2v) is 6.00. The first-order valence-corrected chi connectivity index (χ1v) is 8.27. The summed E-state index contributed by atoms with van der Waals surface area (Å²) in [5.74, 6) is 0.990. The van der Waals surface area contributed by atoms with E-state index in [-0.39, 0.29) is 0 Å². The van der Waals surface area contributed by atoms with Gasteiger partial charge in [-0.2, -0.15) is 0 Å². The Kier molecular flexibility index (Phi) is 5.12. The number of nitrogens with one attached hydrogen (secondary N) is 1. The quantitative estimate of drug-likeness (QED) is 0.683. The molecule has 0 atom stereocenters. The molecule has 0 amide bonds. The van der Waals surface area contributed by atoms with Crippen molar-refractivity contribution in [3.05, 3.63) is 42.5 Å². The fourth-order valence-corrected chi connectivity index (χ4v) is 2.62. The molecule has 112 valence electrons. The molecule has 0 spiro atoms. The van der Waals surface area contributed by atoms with Crippen molar-refractivity contribution in [2.75, 3.05) is 13.2 Å². The summed E-state index contributed by atoms with van der Waals surface area (Å²) in [5, 5.41) is 6.08. The van der Waals surface area contributed by atoms with Crippen LogP contribution in [0.4, 0.5) is 0 Å². The van der Waals surface area contributed by atoms with Crippen LogP contribution in [0.2, 0.25) is 0 Å². The minimum Gasteiger partial charge on any atom is -0.494 e. The summed E-state index contributed by atoms with van der Waals surface area (Å²) in [6.45, 7) is 2.02. The van der Waals surface area contributed by atoms with Crippen LogP contribution in [0.25, 0.3) is 10.8 Å². The van der Waals surface area contributed by atoms with Gasteiger partial charge in [-0.3, -0.25) is 0 Å². The number of rotatable bonds is 9. The third-order valence-electron chi connectivity index (χ3n) is 4.07. The summed E-state index contributed by atoms with van der Waals surface area (Å²) in [6.07, 6.45) is 7.79. The topological polar surface area (TPSA) is 21.3 Å². The molecule has 1 N–H and O–H groups in total. The Morgan fingerprint density at radius 1 is 0.905 bits per heavy atom. The Bertz CT molecular complexity index is 562. The van der Waals surface area contributed by atoms with Crippen molar-refractivity contribution in [2.24, 2.45) is 0 Å². The van der Waals surface area contributed by atoms with Gasteiger partial charge < -0.3 is 10.1 Å². The van der Waals surface area contributed by atoms with Crippen molar-refractivity contribution in [3.63, 3.8) is 0 Å². The maximum atomic E-state index is 5.85. The highest BCUT2D eigenvalue weighted by molar-refractivity contribution is 5.83. The molecule has 0 bridgehead atoms. The molecule has 2 heteroatoms. The number of fused-ring (bicyclic) bond motifs is 1. The zero-order chi connectivity index (χ0) is 14.3. The molecular formula is C19H25NO. The summed E-state index contributed by atoms with van der Waals surface area (Å²) in [6, 6.07) is 15.6. The second-order valence-electron chi connectivity index (χ2n) is 6.00. The Labute approximate surface area is 127 Å². The van der Waals surface area contributed by atoms with Crippen LogP contribution in [-0.2, 0) is 0 Å². The van der Waals surface area contributed by atoms with Crippen LogP contribution >= 0.6 is 0 Å². The molecule has 2 aromatic carbocycles. The molecule has 0 aliphatic heterocycles. The van der Waals surface area contributed by atoms with E-state index in [1.807, 2.05) is 0 Å². The van der Waals surface area contributed by atoms with Gasteiger partial charge in [0.15, 0.2) is 0 Å². The molecule has 3 rings (SSSR count). The molecule has 1 aliphatic carbocycles. The van der Waals surface area contributed by atoms with Gasteiger partial charge >= 0.3 is 0 Å². The van der Waals surface area contributed by atoms with Crippen molar-refractivity contribution < 1.29 is 4.74 Å². The third kappa shape index (κ3) is 4.75. The highest BCUT2D eigenvalue weighted by atomic mass is 16.5. The average Bonchev–Trinajstić information content (AvgIpc) is 3.34. The van der Waals surface area contributed by atoms with E-state index < -0.39 is 0 Å². The van der Waals surface area contributed by atoms with Crippen LogP contribution in [0.1, 0.15) is 38.5 Å². The van der Waals surface area contributed by atoms with Crippen LogP contribution in [0, 0.1) is 0 Å². The van der Waals surface area contributed by atoms with E-state index in [1.54, 1.807) is 0 Å². The van der Waals surface area contributed by atoms with E-state index >= 15 is 0 Å². The molecule has 2 nitrogen and oxygen atoms in total. The maximum Gasteiger partial charge on any atom is 0.119 e. The molecule has 0 radical (unpaired) electrons. The van der Waals surface area contributed by atoms with E-state index in [2.05, 4.69) is 47.8 Å². The molecule has 1 saturated carbocycles. The Balaban J connectivity index is 1.30. The Hall–Kier alpha value is -1.54. The lowest BCUT2D eigenvalue weighted by atomic mass is 10.1. The first-order chi connectivity index (χ1) is 10.4. The lowest BCUT2D eigenvalue weighted by Gasteiger charge is -2.07. The van der Waals surface area contributed by atoms with Crippen LogP contribution < -0.4 is 10.1 Å². The molecule has 0 heterocycles. The normalized spacial score (nSPS) is 14.5. The summed E-state index contributed by atoms with van der Waals surface area (Å²) in [4.78, 5) is 0. The van der Waals surface area contributed by atoms with E-state index in [4.69, 9.17) is 4.74 Å². The monoisotopic (exact) mass is 283 g/mol. The standard InChI is InChI=1S/C19H25NO/c1(5-13-20-18-10-11-18)2-6-14-21-19-12-9-16-7-3-4-8-17(16)15-19/h3-4,7-9,12,15,18,20H,1-2,5-6,10-11,13-14H2. The second kappa shape index (κ2) is 7.46. The molecule has 0 aromatic heterocycles. The molecule has 0 unspecified atom stereocenters. The number of ether oxygens (including phenoxy) is 1. The highest BCUT2D eigenvalue weighted by Gasteiger charge is 2.19. The fourth-order valence-electron chi connectivity index (χ4n) is 2.62. The predicted octanol–water partition coefficient (Wildman–Crippen LogP) is 4.53. The molecule has 1 fully saturated rings. The number of unbranched alkanes of at least 4 members (excludes halogenated alkanes) is 3. The maximum absolute atomic E-state index is 5.85.